The van der Waals surface area contributed by atoms with E-state index in [2.05, 4.69) is 15.3 Å². The monoisotopic (exact) mass is 243 g/mol. The summed E-state index contributed by atoms with van der Waals surface area (Å²) in [5, 5.41) is 12.8. The number of hydrogen-bond acceptors (Lipinski definition) is 4. The molecule has 0 aliphatic carbocycles. The number of aromatic nitrogens is 2. The molecule has 0 saturated carbocycles. The molecular weight excluding hydrogens is 226 g/mol. The second-order valence-electron chi connectivity index (χ2n) is 3.74. The number of nitrogens with zero attached hydrogens (tertiary/aromatic N) is 1. The number of thioether (sulfide) groups is 1. The molecule has 0 aromatic carbocycles. The third-order valence-electron chi connectivity index (χ3n) is 1.95. The largest absolute Gasteiger partial charge is 0.480 e. The molecule has 1 aromatic heterocycles. The Morgan fingerprint density at radius 1 is 1.69 bits per heavy atom. The molecule has 1 rings (SSSR count). The number of carbonyl (C=O) groups is 1. The van der Waals surface area contributed by atoms with Crippen molar-refractivity contribution < 1.29 is 9.90 Å². The lowest BCUT2D eigenvalue weighted by Crippen LogP contribution is -2.41. The van der Waals surface area contributed by atoms with Gasteiger partial charge in [-0.25, -0.2) is 4.98 Å². The van der Waals surface area contributed by atoms with Crippen molar-refractivity contribution in [3.8, 4) is 0 Å². The molecule has 6 heteroatoms. The van der Waals surface area contributed by atoms with Crippen LogP contribution >= 0.6 is 11.8 Å². The molecule has 1 aromatic rings. The third-order valence-corrected chi connectivity index (χ3v) is 2.89. The highest BCUT2D eigenvalue weighted by molar-refractivity contribution is 7.99. The molecule has 1 atom stereocenters. The standard InChI is InChI=1S/C10H17N3O2S/c1-7(2)13-8(9(14)15)3-6-16-10-11-4-5-12-10/h4-5,7-8,13H,3,6H2,1-2H3,(H,11,12)(H,14,15). The zero-order chi connectivity index (χ0) is 12.0. The fourth-order valence-corrected chi connectivity index (χ4v) is 2.12. The average Bonchev–Trinajstić information content (AvgIpc) is 2.68. The predicted molar refractivity (Wildman–Crippen MR) is 63.6 cm³/mol. The summed E-state index contributed by atoms with van der Waals surface area (Å²) in [5.74, 6) is -0.0711. The minimum absolute atomic E-state index is 0.176. The molecule has 5 nitrogen and oxygen atoms in total. The van der Waals surface area contributed by atoms with Crippen LogP contribution in [0, 0.1) is 0 Å². The van der Waals surface area contributed by atoms with Gasteiger partial charge in [0.05, 0.1) is 0 Å². The van der Waals surface area contributed by atoms with Crippen LogP contribution in [0.3, 0.4) is 0 Å². The van der Waals surface area contributed by atoms with Gasteiger partial charge in [-0.15, -0.1) is 0 Å². The average molecular weight is 243 g/mol. The first-order valence-corrected chi connectivity index (χ1v) is 6.19. The molecule has 0 spiro atoms. The van der Waals surface area contributed by atoms with E-state index >= 15 is 0 Å². The summed E-state index contributed by atoms with van der Waals surface area (Å²) in [6.45, 7) is 3.88. The highest BCUT2D eigenvalue weighted by atomic mass is 32.2. The number of nitrogens with one attached hydrogen (secondary N) is 2. The number of H-pyrrole nitrogens is 1. The second-order valence-corrected chi connectivity index (χ2v) is 4.83. The SMILES string of the molecule is CC(C)NC(CCSc1ncc[nH]1)C(=O)O. The van der Waals surface area contributed by atoms with Crippen LogP contribution in [0.2, 0.25) is 0 Å². The number of aliphatic carboxylic acids is 1. The van der Waals surface area contributed by atoms with Crippen LogP contribution in [0.5, 0.6) is 0 Å². The minimum Gasteiger partial charge on any atom is -0.480 e. The molecule has 0 aliphatic rings. The van der Waals surface area contributed by atoms with Crippen molar-refractivity contribution in [2.75, 3.05) is 5.75 Å². The number of imidazole rings is 1. The van der Waals surface area contributed by atoms with Gasteiger partial charge in [-0.2, -0.15) is 0 Å². The number of hydrogen-bond donors (Lipinski definition) is 3. The Bertz CT molecular complexity index is 314. The highest BCUT2D eigenvalue weighted by Crippen LogP contribution is 2.14. The van der Waals surface area contributed by atoms with Gasteiger partial charge >= 0.3 is 5.97 Å². The molecule has 0 fully saturated rings. The highest BCUT2D eigenvalue weighted by Gasteiger charge is 2.17. The Morgan fingerprint density at radius 2 is 2.44 bits per heavy atom. The Kier molecular flexibility index (Phi) is 5.34. The van der Waals surface area contributed by atoms with Crippen molar-refractivity contribution in [3.63, 3.8) is 0 Å². The van der Waals surface area contributed by atoms with Gasteiger partial charge in [-0.1, -0.05) is 25.6 Å². The fraction of sp³-hybridized carbons (Fsp3) is 0.600. The molecule has 90 valence electrons. The topological polar surface area (TPSA) is 78.0 Å². The van der Waals surface area contributed by atoms with Crippen LogP contribution < -0.4 is 5.32 Å². The van der Waals surface area contributed by atoms with Crippen LogP contribution in [0.25, 0.3) is 0 Å². The molecule has 1 unspecified atom stereocenters. The number of rotatable bonds is 7. The van der Waals surface area contributed by atoms with Crippen molar-refractivity contribution in [1.82, 2.24) is 15.3 Å². The Labute approximate surface area is 99.0 Å². The van der Waals surface area contributed by atoms with Gasteiger partial charge in [-0.05, 0) is 6.42 Å². The van der Waals surface area contributed by atoms with Gasteiger partial charge in [0.25, 0.3) is 0 Å². The molecule has 0 amide bonds. The van der Waals surface area contributed by atoms with Crippen LogP contribution in [0.1, 0.15) is 20.3 Å². The van der Waals surface area contributed by atoms with E-state index in [4.69, 9.17) is 5.11 Å². The van der Waals surface area contributed by atoms with Gasteiger partial charge in [0.15, 0.2) is 5.16 Å². The van der Waals surface area contributed by atoms with Crippen LogP contribution in [0.4, 0.5) is 0 Å². The smallest absolute Gasteiger partial charge is 0.320 e. The maximum absolute atomic E-state index is 10.9. The van der Waals surface area contributed by atoms with E-state index in [0.29, 0.717) is 6.42 Å². The van der Waals surface area contributed by atoms with Crippen molar-refractivity contribution in [3.05, 3.63) is 12.4 Å². The molecule has 0 aliphatic heterocycles. The van der Waals surface area contributed by atoms with Crippen molar-refractivity contribution in [1.29, 1.82) is 0 Å². The molecule has 0 radical (unpaired) electrons. The normalized spacial score (nSPS) is 12.9. The molecule has 0 bridgehead atoms. The maximum Gasteiger partial charge on any atom is 0.320 e. The van der Waals surface area contributed by atoms with E-state index in [-0.39, 0.29) is 6.04 Å². The molecule has 16 heavy (non-hydrogen) atoms. The summed E-state index contributed by atoms with van der Waals surface area (Å²) in [6, 6.07) is -0.308. The summed E-state index contributed by atoms with van der Waals surface area (Å²) in [7, 11) is 0. The van der Waals surface area contributed by atoms with Gasteiger partial charge in [0.1, 0.15) is 6.04 Å². The van der Waals surface area contributed by atoms with Crippen molar-refractivity contribution in [2.24, 2.45) is 0 Å². The number of carboxylic acids is 1. The van der Waals surface area contributed by atoms with Crippen molar-refractivity contribution >= 4 is 17.7 Å². The summed E-state index contributed by atoms with van der Waals surface area (Å²) < 4.78 is 0. The first kappa shape index (κ1) is 13.1. The van der Waals surface area contributed by atoms with Gasteiger partial charge in [0.2, 0.25) is 0 Å². The first-order chi connectivity index (χ1) is 7.59. The predicted octanol–water partition coefficient (Wildman–Crippen LogP) is 1.34. The fourth-order valence-electron chi connectivity index (χ4n) is 1.28. The summed E-state index contributed by atoms with van der Waals surface area (Å²) in [5.41, 5.74) is 0. The molecule has 0 saturated heterocycles. The molecule has 3 N–H and O–H groups in total. The van der Waals surface area contributed by atoms with Gasteiger partial charge in [0, 0.05) is 24.2 Å². The molecular formula is C10H17N3O2S. The van der Waals surface area contributed by atoms with Gasteiger partial charge in [-0.3, -0.25) is 4.79 Å². The quantitative estimate of drug-likeness (QED) is 0.630. The van der Waals surface area contributed by atoms with E-state index < -0.39 is 12.0 Å². The zero-order valence-electron chi connectivity index (χ0n) is 9.43. The van der Waals surface area contributed by atoms with Gasteiger partial charge < -0.3 is 15.4 Å². The lowest BCUT2D eigenvalue weighted by Gasteiger charge is -2.16. The summed E-state index contributed by atoms with van der Waals surface area (Å²) in [6.07, 6.45) is 4.02. The van der Waals surface area contributed by atoms with E-state index in [1.54, 1.807) is 12.4 Å². The zero-order valence-corrected chi connectivity index (χ0v) is 10.3. The minimum atomic E-state index is -0.797. The lowest BCUT2D eigenvalue weighted by molar-refractivity contribution is -0.139. The summed E-state index contributed by atoms with van der Waals surface area (Å²) >= 11 is 1.53. The maximum atomic E-state index is 10.9. The lowest BCUT2D eigenvalue weighted by atomic mass is 10.2. The van der Waals surface area contributed by atoms with Crippen LogP contribution in [0.15, 0.2) is 17.6 Å². The van der Waals surface area contributed by atoms with E-state index in [9.17, 15) is 4.79 Å². The molecule has 1 heterocycles. The second kappa shape index (κ2) is 6.55. The van der Waals surface area contributed by atoms with Crippen molar-refractivity contribution in [2.45, 2.75) is 37.5 Å². The van der Waals surface area contributed by atoms with Crippen LogP contribution in [-0.4, -0.2) is 38.9 Å². The first-order valence-electron chi connectivity index (χ1n) is 5.20. The Morgan fingerprint density at radius 3 is 2.94 bits per heavy atom. The number of carboxylic acid groups (broad SMARTS) is 1. The van der Waals surface area contributed by atoms with E-state index in [1.165, 1.54) is 11.8 Å². The van der Waals surface area contributed by atoms with Crippen LogP contribution in [-0.2, 0) is 4.79 Å². The Balaban J connectivity index is 2.30. The van der Waals surface area contributed by atoms with E-state index in [1.807, 2.05) is 13.8 Å². The Hall–Kier alpha value is -1.01. The third kappa shape index (κ3) is 4.67. The summed E-state index contributed by atoms with van der Waals surface area (Å²) in [4.78, 5) is 18.0. The number of aromatic amines is 1. The van der Waals surface area contributed by atoms with E-state index in [0.717, 1.165) is 10.9 Å².